The van der Waals surface area contributed by atoms with E-state index >= 15 is 0 Å². The van der Waals surface area contributed by atoms with Crippen LogP contribution in [0.2, 0.25) is 5.15 Å². The highest BCUT2D eigenvalue weighted by molar-refractivity contribution is 7.99. The standard InChI is InChI=1S/C13H20ClN3S/c1-3-18-11-6-4-5-7-17(9-11)13-8-12(14)15-10(2)16-13/h8,11H,3-7,9H2,1-2H3. The molecule has 0 aliphatic carbocycles. The van der Waals surface area contributed by atoms with Crippen LogP contribution >= 0.6 is 23.4 Å². The molecule has 0 saturated carbocycles. The summed E-state index contributed by atoms with van der Waals surface area (Å²) in [6.45, 7) is 6.27. The topological polar surface area (TPSA) is 29.0 Å². The Morgan fingerprint density at radius 1 is 1.44 bits per heavy atom. The van der Waals surface area contributed by atoms with E-state index in [0.717, 1.165) is 24.7 Å². The molecule has 100 valence electrons. The lowest BCUT2D eigenvalue weighted by Gasteiger charge is -2.25. The Morgan fingerprint density at radius 3 is 3.00 bits per heavy atom. The van der Waals surface area contributed by atoms with Crippen molar-refractivity contribution in [3.8, 4) is 0 Å². The SMILES string of the molecule is CCSC1CCCCN(c2cc(Cl)nc(C)n2)C1. The zero-order valence-electron chi connectivity index (χ0n) is 11.0. The predicted molar refractivity (Wildman–Crippen MR) is 79.8 cm³/mol. The minimum absolute atomic E-state index is 0.543. The van der Waals surface area contributed by atoms with E-state index in [4.69, 9.17) is 11.6 Å². The van der Waals surface area contributed by atoms with Crippen LogP contribution in [0.4, 0.5) is 5.82 Å². The predicted octanol–water partition coefficient (Wildman–Crippen LogP) is 3.55. The fourth-order valence-corrected chi connectivity index (χ4v) is 3.67. The number of thioether (sulfide) groups is 1. The van der Waals surface area contributed by atoms with Crippen molar-refractivity contribution in [2.45, 2.75) is 38.4 Å². The van der Waals surface area contributed by atoms with E-state index in [2.05, 4.69) is 33.6 Å². The summed E-state index contributed by atoms with van der Waals surface area (Å²) in [6.07, 6.45) is 3.86. The Bertz CT molecular complexity index is 380. The van der Waals surface area contributed by atoms with Gasteiger partial charge in [-0.05, 0) is 25.5 Å². The molecule has 0 radical (unpaired) electrons. The first kappa shape index (κ1) is 13.9. The van der Waals surface area contributed by atoms with Crippen molar-refractivity contribution in [1.82, 2.24) is 9.97 Å². The van der Waals surface area contributed by atoms with Crippen LogP contribution < -0.4 is 4.90 Å². The van der Waals surface area contributed by atoms with Gasteiger partial charge in [0.05, 0.1) is 0 Å². The zero-order valence-corrected chi connectivity index (χ0v) is 12.6. The van der Waals surface area contributed by atoms with Crippen LogP contribution in [-0.4, -0.2) is 34.1 Å². The minimum Gasteiger partial charge on any atom is -0.355 e. The van der Waals surface area contributed by atoms with E-state index in [-0.39, 0.29) is 0 Å². The molecule has 18 heavy (non-hydrogen) atoms. The molecule has 1 aliphatic heterocycles. The van der Waals surface area contributed by atoms with E-state index in [1.165, 1.54) is 25.0 Å². The molecule has 1 saturated heterocycles. The van der Waals surface area contributed by atoms with Gasteiger partial charge in [-0.25, -0.2) is 9.97 Å². The first-order chi connectivity index (χ1) is 8.69. The summed E-state index contributed by atoms with van der Waals surface area (Å²) in [5.74, 6) is 2.92. The molecule has 2 heterocycles. The van der Waals surface area contributed by atoms with Crippen LogP contribution in [0.1, 0.15) is 32.0 Å². The molecule has 1 aliphatic rings. The van der Waals surface area contributed by atoms with Crippen molar-refractivity contribution in [2.24, 2.45) is 0 Å². The second-order valence-electron chi connectivity index (χ2n) is 4.62. The van der Waals surface area contributed by atoms with Crippen molar-refractivity contribution in [1.29, 1.82) is 0 Å². The van der Waals surface area contributed by atoms with E-state index in [0.29, 0.717) is 10.4 Å². The lowest BCUT2D eigenvalue weighted by molar-refractivity contribution is 0.735. The average molecular weight is 286 g/mol. The molecular formula is C13H20ClN3S. The molecule has 1 fully saturated rings. The Balaban J connectivity index is 2.14. The first-order valence-corrected chi connectivity index (χ1v) is 7.99. The van der Waals surface area contributed by atoms with Crippen LogP contribution in [0, 0.1) is 6.92 Å². The lowest BCUT2D eigenvalue weighted by atomic mass is 10.2. The maximum atomic E-state index is 6.02. The number of nitrogens with zero attached hydrogens (tertiary/aromatic N) is 3. The monoisotopic (exact) mass is 285 g/mol. The molecule has 0 aromatic carbocycles. The first-order valence-electron chi connectivity index (χ1n) is 6.56. The van der Waals surface area contributed by atoms with Crippen LogP contribution in [-0.2, 0) is 0 Å². The van der Waals surface area contributed by atoms with Crippen molar-refractivity contribution in [3.63, 3.8) is 0 Å². The van der Waals surface area contributed by atoms with Crippen molar-refractivity contribution < 1.29 is 0 Å². The van der Waals surface area contributed by atoms with Crippen LogP contribution in [0.15, 0.2) is 6.07 Å². The zero-order chi connectivity index (χ0) is 13.0. The molecule has 0 spiro atoms. The van der Waals surface area contributed by atoms with Crippen molar-refractivity contribution in [2.75, 3.05) is 23.7 Å². The van der Waals surface area contributed by atoms with Gasteiger partial charge in [0.2, 0.25) is 0 Å². The fraction of sp³-hybridized carbons (Fsp3) is 0.692. The summed E-state index contributed by atoms with van der Waals surface area (Å²) in [5.41, 5.74) is 0. The number of halogens is 1. The highest BCUT2D eigenvalue weighted by atomic mass is 35.5. The van der Waals surface area contributed by atoms with Gasteiger partial charge in [0, 0.05) is 24.4 Å². The number of aromatic nitrogens is 2. The molecule has 5 heteroatoms. The summed E-state index contributed by atoms with van der Waals surface area (Å²) in [6, 6.07) is 1.88. The summed E-state index contributed by atoms with van der Waals surface area (Å²) in [7, 11) is 0. The second kappa shape index (κ2) is 6.62. The van der Waals surface area contributed by atoms with Gasteiger partial charge in [-0.2, -0.15) is 11.8 Å². The van der Waals surface area contributed by atoms with Gasteiger partial charge in [0.15, 0.2) is 0 Å². The van der Waals surface area contributed by atoms with Gasteiger partial charge in [-0.15, -0.1) is 0 Å². The molecule has 1 unspecified atom stereocenters. The average Bonchev–Trinajstić information content (AvgIpc) is 2.54. The van der Waals surface area contributed by atoms with Crippen molar-refractivity contribution >= 4 is 29.2 Å². The van der Waals surface area contributed by atoms with Gasteiger partial charge in [-0.1, -0.05) is 24.9 Å². The molecule has 0 N–H and O–H groups in total. The van der Waals surface area contributed by atoms with E-state index < -0.39 is 0 Å². The smallest absolute Gasteiger partial charge is 0.134 e. The van der Waals surface area contributed by atoms with E-state index in [1.807, 2.05) is 13.0 Å². The van der Waals surface area contributed by atoms with Gasteiger partial charge in [0.1, 0.15) is 16.8 Å². The molecule has 0 amide bonds. The fourth-order valence-electron chi connectivity index (χ4n) is 2.36. The van der Waals surface area contributed by atoms with Gasteiger partial charge < -0.3 is 4.90 Å². The van der Waals surface area contributed by atoms with Crippen LogP contribution in [0.5, 0.6) is 0 Å². The Kier molecular flexibility index (Phi) is 5.13. The Morgan fingerprint density at radius 2 is 2.28 bits per heavy atom. The third kappa shape index (κ3) is 3.75. The van der Waals surface area contributed by atoms with Crippen LogP contribution in [0.25, 0.3) is 0 Å². The number of hydrogen-bond donors (Lipinski definition) is 0. The third-order valence-electron chi connectivity index (χ3n) is 3.15. The number of hydrogen-bond acceptors (Lipinski definition) is 4. The lowest BCUT2D eigenvalue weighted by Crippen LogP contribution is -2.30. The third-order valence-corrected chi connectivity index (χ3v) is 4.53. The molecule has 1 aromatic heterocycles. The maximum absolute atomic E-state index is 6.02. The molecule has 3 nitrogen and oxygen atoms in total. The Hall–Kier alpha value is -0.480. The quantitative estimate of drug-likeness (QED) is 0.794. The van der Waals surface area contributed by atoms with E-state index in [9.17, 15) is 0 Å². The number of rotatable bonds is 3. The van der Waals surface area contributed by atoms with Gasteiger partial charge in [0.25, 0.3) is 0 Å². The highest BCUT2D eigenvalue weighted by Crippen LogP contribution is 2.25. The molecule has 0 bridgehead atoms. The summed E-state index contributed by atoms with van der Waals surface area (Å²) in [5, 5.41) is 1.26. The van der Waals surface area contributed by atoms with Gasteiger partial charge in [-0.3, -0.25) is 0 Å². The largest absolute Gasteiger partial charge is 0.355 e. The molecule has 1 atom stereocenters. The van der Waals surface area contributed by atoms with Crippen LogP contribution in [0.3, 0.4) is 0 Å². The summed E-state index contributed by atoms with van der Waals surface area (Å²) in [4.78, 5) is 11.0. The van der Waals surface area contributed by atoms with Gasteiger partial charge >= 0.3 is 0 Å². The summed E-state index contributed by atoms with van der Waals surface area (Å²) < 4.78 is 0. The highest BCUT2D eigenvalue weighted by Gasteiger charge is 2.19. The number of aryl methyl sites for hydroxylation is 1. The number of anilines is 1. The molecule has 1 aromatic rings. The Labute approximate surface area is 118 Å². The maximum Gasteiger partial charge on any atom is 0.134 e. The summed E-state index contributed by atoms with van der Waals surface area (Å²) >= 11 is 8.08. The van der Waals surface area contributed by atoms with Crippen molar-refractivity contribution in [3.05, 3.63) is 17.0 Å². The normalized spacial score (nSPS) is 20.8. The molecular weight excluding hydrogens is 266 g/mol. The molecule has 2 rings (SSSR count). The van der Waals surface area contributed by atoms with E-state index in [1.54, 1.807) is 0 Å². The minimum atomic E-state index is 0.543. The second-order valence-corrected chi connectivity index (χ2v) is 6.58.